The summed E-state index contributed by atoms with van der Waals surface area (Å²) in [5, 5.41) is 8.96. The van der Waals surface area contributed by atoms with Gasteiger partial charge in [0.2, 0.25) is 0 Å². The molecule has 0 spiro atoms. The van der Waals surface area contributed by atoms with Crippen LogP contribution in [-0.2, 0) is 9.53 Å². The molecule has 3 rings (SSSR count). The molecule has 0 radical (unpaired) electrons. The summed E-state index contributed by atoms with van der Waals surface area (Å²) in [6.45, 7) is 14.5. The van der Waals surface area contributed by atoms with Crippen LogP contribution in [0.1, 0.15) is 39.7 Å². The molecule has 158 valence electrons. The van der Waals surface area contributed by atoms with E-state index in [-0.39, 0.29) is 5.97 Å². The van der Waals surface area contributed by atoms with Crippen molar-refractivity contribution in [3.05, 3.63) is 29.8 Å². The van der Waals surface area contributed by atoms with E-state index in [9.17, 15) is 4.79 Å². The first kappa shape index (κ1) is 21.6. The third kappa shape index (κ3) is 5.94. The van der Waals surface area contributed by atoms with Crippen molar-refractivity contribution in [1.82, 2.24) is 9.80 Å². The number of esters is 1. The molecule has 0 N–H and O–H groups in total. The van der Waals surface area contributed by atoms with Crippen molar-refractivity contribution in [2.45, 2.75) is 45.8 Å². The molecule has 2 aliphatic rings. The fourth-order valence-electron chi connectivity index (χ4n) is 4.52. The normalized spacial score (nSPS) is 24.2. The molecule has 29 heavy (non-hydrogen) atoms. The molecule has 2 saturated heterocycles. The van der Waals surface area contributed by atoms with E-state index in [1.807, 2.05) is 45.0 Å². The number of nitrogens with zero attached hydrogens (tertiary/aromatic N) is 4. The number of hydrogen-bond donors (Lipinski definition) is 0. The average molecular weight is 399 g/mol. The molecule has 0 aliphatic carbocycles. The van der Waals surface area contributed by atoms with E-state index < -0.39 is 5.60 Å². The Morgan fingerprint density at radius 1 is 1.14 bits per heavy atom. The van der Waals surface area contributed by atoms with E-state index in [2.05, 4.69) is 27.7 Å². The molecule has 1 aromatic rings. The summed E-state index contributed by atoms with van der Waals surface area (Å²) in [6.07, 6.45) is 1.10. The van der Waals surface area contributed by atoms with Gasteiger partial charge >= 0.3 is 5.97 Å². The molecular formula is C23H34N4O2. The van der Waals surface area contributed by atoms with Gasteiger partial charge in [0.1, 0.15) is 5.60 Å². The number of carbonyl (C=O) groups excluding carboxylic acids is 1. The molecular weight excluding hydrogens is 364 g/mol. The molecule has 2 fully saturated rings. The van der Waals surface area contributed by atoms with Gasteiger partial charge in [0, 0.05) is 51.0 Å². The van der Waals surface area contributed by atoms with Crippen molar-refractivity contribution >= 4 is 11.7 Å². The molecule has 0 unspecified atom stereocenters. The van der Waals surface area contributed by atoms with Crippen molar-refractivity contribution in [2.75, 3.05) is 50.7 Å². The molecule has 2 aliphatic heterocycles. The largest absolute Gasteiger partial charge is 0.459 e. The standard InChI is InChI=1S/C23H34N4O2/c1-18-16-25(17-22(28)29-23(2,3)4)10-9-21(18)27-13-11-26(12-14-27)20-7-5-19(15-24)6-8-20/h5-8,18,21H,9-14,16-17H2,1-4H3/t18-,21+/m0/s1. The van der Waals surface area contributed by atoms with Gasteiger partial charge in [-0.15, -0.1) is 0 Å². The lowest BCUT2D eigenvalue weighted by atomic mass is 9.91. The molecule has 0 bridgehead atoms. The number of anilines is 1. The SMILES string of the molecule is C[C@H]1CN(CC(=O)OC(C)(C)C)CC[C@H]1N1CCN(c2ccc(C#N)cc2)CC1. The van der Waals surface area contributed by atoms with Crippen LogP contribution >= 0.6 is 0 Å². The zero-order valence-electron chi connectivity index (χ0n) is 18.2. The van der Waals surface area contributed by atoms with Crippen LogP contribution in [0.25, 0.3) is 0 Å². The highest BCUT2D eigenvalue weighted by atomic mass is 16.6. The Hall–Kier alpha value is -2.10. The highest BCUT2D eigenvalue weighted by Gasteiger charge is 2.33. The second-order valence-corrected chi connectivity index (χ2v) is 9.34. The van der Waals surface area contributed by atoms with Gasteiger partial charge in [0.25, 0.3) is 0 Å². The smallest absolute Gasteiger partial charge is 0.320 e. The summed E-state index contributed by atoms with van der Waals surface area (Å²) < 4.78 is 5.47. The molecule has 6 nitrogen and oxygen atoms in total. The maximum Gasteiger partial charge on any atom is 0.320 e. The zero-order chi connectivity index (χ0) is 21.0. The number of piperazine rings is 1. The second-order valence-electron chi connectivity index (χ2n) is 9.34. The van der Waals surface area contributed by atoms with Crippen molar-refractivity contribution in [3.8, 4) is 6.07 Å². The van der Waals surface area contributed by atoms with Crippen LogP contribution < -0.4 is 4.90 Å². The van der Waals surface area contributed by atoms with E-state index in [4.69, 9.17) is 10.00 Å². The van der Waals surface area contributed by atoms with Gasteiger partial charge in [-0.1, -0.05) is 6.92 Å². The van der Waals surface area contributed by atoms with Crippen molar-refractivity contribution in [3.63, 3.8) is 0 Å². The van der Waals surface area contributed by atoms with Crippen LogP contribution in [-0.4, -0.2) is 73.2 Å². The van der Waals surface area contributed by atoms with Gasteiger partial charge in [-0.2, -0.15) is 5.26 Å². The molecule has 0 aromatic heterocycles. The quantitative estimate of drug-likeness (QED) is 0.727. The Balaban J connectivity index is 1.47. The highest BCUT2D eigenvalue weighted by molar-refractivity contribution is 5.72. The van der Waals surface area contributed by atoms with Crippen LogP contribution in [0.3, 0.4) is 0 Å². The fourth-order valence-corrected chi connectivity index (χ4v) is 4.52. The lowest BCUT2D eigenvalue weighted by Gasteiger charge is -2.46. The van der Waals surface area contributed by atoms with Crippen LogP contribution in [0, 0.1) is 17.2 Å². The lowest BCUT2D eigenvalue weighted by molar-refractivity contribution is -0.156. The van der Waals surface area contributed by atoms with Gasteiger partial charge in [-0.25, -0.2) is 0 Å². The van der Waals surface area contributed by atoms with Gasteiger partial charge in [0.15, 0.2) is 0 Å². The summed E-state index contributed by atoms with van der Waals surface area (Å²) in [4.78, 5) is 19.4. The van der Waals surface area contributed by atoms with Gasteiger partial charge < -0.3 is 9.64 Å². The molecule has 2 heterocycles. The maximum atomic E-state index is 12.1. The Morgan fingerprint density at radius 2 is 1.79 bits per heavy atom. The topological polar surface area (TPSA) is 59.8 Å². The predicted octanol–water partition coefficient (Wildman–Crippen LogP) is 2.73. The van der Waals surface area contributed by atoms with E-state index in [1.165, 1.54) is 5.69 Å². The third-order valence-corrected chi connectivity index (χ3v) is 5.86. The van der Waals surface area contributed by atoms with E-state index >= 15 is 0 Å². The Bertz CT molecular complexity index is 727. The molecule has 2 atom stereocenters. The monoisotopic (exact) mass is 398 g/mol. The second kappa shape index (κ2) is 9.15. The summed E-state index contributed by atoms with van der Waals surface area (Å²) in [5.74, 6) is 0.409. The van der Waals surface area contributed by atoms with Crippen molar-refractivity contribution in [2.24, 2.45) is 5.92 Å². The van der Waals surface area contributed by atoms with Gasteiger partial charge in [0.05, 0.1) is 18.2 Å². The van der Waals surface area contributed by atoms with Gasteiger partial charge in [-0.3, -0.25) is 14.6 Å². The van der Waals surface area contributed by atoms with Crippen molar-refractivity contribution < 1.29 is 9.53 Å². The fraction of sp³-hybridized carbons (Fsp3) is 0.652. The molecule has 6 heteroatoms. The number of piperidine rings is 1. The lowest BCUT2D eigenvalue weighted by Crippen LogP contribution is -2.56. The highest BCUT2D eigenvalue weighted by Crippen LogP contribution is 2.25. The summed E-state index contributed by atoms with van der Waals surface area (Å²) in [6, 6.07) is 10.6. The van der Waals surface area contributed by atoms with Gasteiger partial charge in [-0.05, 0) is 57.4 Å². The predicted molar refractivity (Wildman–Crippen MR) is 115 cm³/mol. The number of ether oxygens (including phenoxy) is 1. The van der Waals surface area contributed by atoms with E-state index in [1.54, 1.807) is 0 Å². The first-order chi connectivity index (χ1) is 13.7. The van der Waals surface area contributed by atoms with Crippen LogP contribution in [0.15, 0.2) is 24.3 Å². The summed E-state index contributed by atoms with van der Waals surface area (Å²) in [7, 11) is 0. The molecule has 0 amide bonds. The number of benzene rings is 1. The van der Waals surface area contributed by atoms with E-state index in [0.29, 0.717) is 24.1 Å². The number of rotatable bonds is 4. The Kier molecular flexibility index (Phi) is 6.81. The Morgan fingerprint density at radius 3 is 2.34 bits per heavy atom. The minimum absolute atomic E-state index is 0.126. The zero-order valence-corrected chi connectivity index (χ0v) is 18.2. The number of carbonyl (C=O) groups is 1. The molecule has 1 aromatic carbocycles. The maximum absolute atomic E-state index is 12.1. The minimum atomic E-state index is -0.421. The first-order valence-corrected chi connectivity index (χ1v) is 10.7. The van der Waals surface area contributed by atoms with Crippen LogP contribution in [0.4, 0.5) is 5.69 Å². The summed E-state index contributed by atoms with van der Waals surface area (Å²) in [5.41, 5.74) is 1.48. The van der Waals surface area contributed by atoms with Crippen LogP contribution in [0.5, 0.6) is 0 Å². The van der Waals surface area contributed by atoms with E-state index in [0.717, 1.165) is 45.7 Å². The number of hydrogen-bond acceptors (Lipinski definition) is 6. The third-order valence-electron chi connectivity index (χ3n) is 5.86. The van der Waals surface area contributed by atoms with Crippen molar-refractivity contribution in [1.29, 1.82) is 5.26 Å². The first-order valence-electron chi connectivity index (χ1n) is 10.7. The summed E-state index contributed by atoms with van der Waals surface area (Å²) >= 11 is 0. The number of likely N-dealkylation sites (tertiary alicyclic amines) is 1. The van der Waals surface area contributed by atoms with Crippen LogP contribution in [0.2, 0.25) is 0 Å². The molecule has 0 saturated carbocycles. The Labute approximate surface area is 175 Å². The average Bonchev–Trinajstić information content (AvgIpc) is 2.67. The minimum Gasteiger partial charge on any atom is -0.459 e. The number of nitriles is 1.